The molecule has 0 spiro atoms. The van der Waals surface area contributed by atoms with Crippen molar-refractivity contribution in [2.45, 2.75) is 37.6 Å². The molecule has 0 heterocycles. The zero-order valence-corrected chi connectivity index (χ0v) is 17.5. The summed E-state index contributed by atoms with van der Waals surface area (Å²) in [5, 5.41) is 3.63. The Morgan fingerprint density at radius 1 is 1.11 bits per heavy atom. The Morgan fingerprint density at radius 3 is 2.37 bits per heavy atom. The van der Waals surface area contributed by atoms with Gasteiger partial charge in [0.1, 0.15) is 6.54 Å². The third kappa shape index (κ3) is 5.86. The van der Waals surface area contributed by atoms with Gasteiger partial charge in [-0.3, -0.25) is 9.10 Å². The number of halogens is 2. The molecule has 0 unspecified atom stereocenters. The summed E-state index contributed by atoms with van der Waals surface area (Å²) in [5.41, 5.74) is 0.316. The zero-order valence-electron chi connectivity index (χ0n) is 15.2. The lowest BCUT2D eigenvalue weighted by atomic mass is 10.2. The topological polar surface area (TPSA) is 66.5 Å². The fourth-order valence-electron chi connectivity index (χ4n) is 2.64. The molecule has 27 heavy (non-hydrogen) atoms. The fourth-order valence-corrected chi connectivity index (χ4v) is 4.36. The van der Waals surface area contributed by atoms with Crippen LogP contribution in [0.3, 0.4) is 0 Å². The smallest absolute Gasteiger partial charge is 0.264 e. The largest absolute Gasteiger partial charge is 0.352 e. The van der Waals surface area contributed by atoms with E-state index in [1.807, 2.05) is 13.8 Å². The molecule has 146 valence electrons. The molecule has 2 aromatic carbocycles. The first-order valence-electron chi connectivity index (χ1n) is 8.57. The molecule has 0 radical (unpaired) electrons. The van der Waals surface area contributed by atoms with E-state index in [1.54, 1.807) is 18.2 Å². The minimum absolute atomic E-state index is 0.0399. The molecular formula is C19H22Cl2N2O3S. The molecule has 0 aliphatic carbocycles. The highest BCUT2D eigenvalue weighted by Crippen LogP contribution is 2.26. The van der Waals surface area contributed by atoms with Crippen molar-refractivity contribution in [2.24, 2.45) is 0 Å². The summed E-state index contributed by atoms with van der Waals surface area (Å²) in [7, 11) is -3.98. The van der Waals surface area contributed by atoms with Gasteiger partial charge in [-0.1, -0.05) is 42.6 Å². The van der Waals surface area contributed by atoms with Crippen LogP contribution in [-0.4, -0.2) is 26.9 Å². The average molecular weight is 429 g/mol. The van der Waals surface area contributed by atoms with E-state index in [2.05, 4.69) is 5.32 Å². The van der Waals surface area contributed by atoms with Crippen molar-refractivity contribution in [3.63, 3.8) is 0 Å². The predicted molar refractivity (Wildman–Crippen MR) is 110 cm³/mol. The van der Waals surface area contributed by atoms with Gasteiger partial charge >= 0.3 is 0 Å². The normalized spacial score (nSPS) is 12.4. The number of hydrogen-bond donors (Lipinski definition) is 1. The van der Waals surface area contributed by atoms with Gasteiger partial charge in [-0.05, 0) is 55.8 Å². The first kappa shape index (κ1) is 21.5. The maximum Gasteiger partial charge on any atom is 0.264 e. The Morgan fingerprint density at radius 2 is 1.78 bits per heavy atom. The van der Waals surface area contributed by atoms with Crippen LogP contribution in [0.25, 0.3) is 0 Å². The molecule has 8 heteroatoms. The van der Waals surface area contributed by atoms with Crippen molar-refractivity contribution in [1.82, 2.24) is 5.32 Å². The van der Waals surface area contributed by atoms with E-state index >= 15 is 0 Å². The molecule has 2 rings (SSSR count). The lowest BCUT2D eigenvalue weighted by Crippen LogP contribution is -2.43. The van der Waals surface area contributed by atoms with Crippen LogP contribution in [0.4, 0.5) is 5.69 Å². The van der Waals surface area contributed by atoms with E-state index in [4.69, 9.17) is 23.2 Å². The molecule has 2 aromatic rings. The second-order valence-corrected chi connectivity index (χ2v) is 8.94. The summed E-state index contributed by atoms with van der Waals surface area (Å²) >= 11 is 11.9. The maximum absolute atomic E-state index is 13.2. The van der Waals surface area contributed by atoms with Crippen LogP contribution in [0.2, 0.25) is 10.0 Å². The number of nitrogens with one attached hydrogen (secondary N) is 1. The van der Waals surface area contributed by atoms with Crippen LogP contribution < -0.4 is 9.62 Å². The number of carbonyl (C=O) groups is 1. The minimum atomic E-state index is -3.98. The van der Waals surface area contributed by atoms with Gasteiger partial charge in [0, 0.05) is 16.1 Å². The molecule has 5 nitrogen and oxygen atoms in total. The van der Waals surface area contributed by atoms with E-state index in [0.717, 1.165) is 17.1 Å². The molecule has 0 bridgehead atoms. The first-order valence-corrected chi connectivity index (χ1v) is 10.8. The summed E-state index contributed by atoms with van der Waals surface area (Å²) in [6.07, 6.45) is 1.73. The Labute approximate surface area is 170 Å². The Hall–Kier alpha value is -1.76. The molecule has 0 saturated carbocycles. The van der Waals surface area contributed by atoms with Crippen molar-refractivity contribution in [3.8, 4) is 0 Å². The molecule has 0 fully saturated rings. The second kappa shape index (κ2) is 9.44. The summed E-state index contributed by atoms with van der Waals surface area (Å²) in [6.45, 7) is 3.56. The quantitative estimate of drug-likeness (QED) is 0.672. The van der Waals surface area contributed by atoms with Crippen LogP contribution in [0.1, 0.15) is 26.7 Å². The molecule has 1 atom stereocenters. The highest BCUT2D eigenvalue weighted by Gasteiger charge is 2.27. The van der Waals surface area contributed by atoms with Crippen molar-refractivity contribution >= 4 is 44.8 Å². The minimum Gasteiger partial charge on any atom is -0.352 e. The van der Waals surface area contributed by atoms with Crippen LogP contribution in [0.5, 0.6) is 0 Å². The molecular weight excluding hydrogens is 407 g/mol. The van der Waals surface area contributed by atoms with Gasteiger partial charge in [-0.25, -0.2) is 8.42 Å². The first-order chi connectivity index (χ1) is 12.7. The summed E-state index contributed by atoms with van der Waals surface area (Å²) in [6, 6.07) is 12.2. The van der Waals surface area contributed by atoms with E-state index < -0.39 is 10.0 Å². The van der Waals surface area contributed by atoms with Gasteiger partial charge in [0.15, 0.2) is 0 Å². The summed E-state index contributed by atoms with van der Waals surface area (Å²) in [4.78, 5) is 12.5. The number of rotatable bonds is 8. The SMILES string of the molecule is CCC[C@@H](C)NC(=O)CN(c1cccc(Cl)c1)S(=O)(=O)c1ccc(Cl)cc1. The van der Waals surface area contributed by atoms with Crippen molar-refractivity contribution < 1.29 is 13.2 Å². The highest BCUT2D eigenvalue weighted by atomic mass is 35.5. The van der Waals surface area contributed by atoms with Crippen molar-refractivity contribution in [3.05, 3.63) is 58.6 Å². The molecule has 1 N–H and O–H groups in total. The standard InChI is InChI=1S/C19H22Cl2N2O3S/c1-3-5-14(2)22-19(24)13-23(17-7-4-6-16(21)12-17)27(25,26)18-10-8-15(20)9-11-18/h4,6-12,14H,3,5,13H2,1-2H3,(H,22,24)/t14-/m1/s1. The van der Waals surface area contributed by atoms with Crippen molar-refractivity contribution in [2.75, 3.05) is 10.8 Å². The van der Waals surface area contributed by atoms with Gasteiger partial charge in [0.2, 0.25) is 5.91 Å². The van der Waals surface area contributed by atoms with Crippen LogP contribution in [0.15, 0.2) is 53.4 Å². The van der Waals surface area contributed by atoms with Crippen LogP contribution in [-0.2, 0) is 14.8 Å². The molecule has 0 aliphatic rings. The number of benzene rings is 2. The number of anilines is 1. The number of hydrogen-bond acceptors (Lipinski definition) is 3. The monoisotopic (exact) mass is 428 g/mol. The number of carbonyl (C=O) groups excluding carboxylic acids is 1. The lowest BCUT2D eigenvalue weighted by Gasteiger charge is -2.25. The fraction of sp³-hybridized carbons (Fsp3) is 0.316. The zero-order chi connectivity index (χ0) is 20.0. The van der Waals surface area contributed by atoms with E-state index in [0.29, 0.717) is 15.7 Å². The van der Waals surface area contributed by atoms with Crippen LogP contribution in [0, 0.1) is 0 Å². The number of sulfonamides is 1. The molecule has 0 aromatic heterocycles. The number of nitrogens with zero attached hydrogens (tertiary/aromatic N) is 1. The summed E-state index contributed by atoms with van der Waals surface area (Å²) < 4.78 is 27.4. The maximum atomic E-state index is 13.2. The third-order valence-corrected chi connectivity index (χ3v) is 6.19. The van der Waals surface area contributed by atoms with E-state index in [1.165, 1.54) is 30.3 Å². The Bertz CT molecular complexity index is 886. The number of amides is 1. The third-order valence-electron chi connectivity index (χ3n) is 3.91. The Kier molecular flexibility index (Phi) is 7.53. The molecule has 0 aliphatic heterocycles. The average Bonchev–Trinajstić information content (AvgIpc) is 2.60. The van der Waals surface area contributed by atoms with Gasteiger partial charge in [0.25, 0.3) is 10.0 Å². The van der Waals surface area contributed by atoms with Crippen LogP contribution >= 0.6 is 23.2 Å². The van der Waals surface area contributed by atoms with Gasteiger partial charge in [-0.15, -0.1) is 0 Å². The van der Waals surface area contributed by atoms with E-state index in [9.17, 15) is 13.2 Å². The predicted octanol–water partition coefficient (Wildman–Crippen LogP) is 4.49. The molecule has 0 saturated heterocycles. The van der Waals surface area contributed by atoms with Gasteiger partial charge in [-0.2, -0.15) is 0 Å². The van der Waals surface area contributed by atoms with Gasteiger partial charge < -0.3 is 5.32 Å². The van der Waals surface area contributed by atoms with Crippen molar-refractivity contribution in [1.29, 1.82) is 0 Å². The van der Waals surface area contributed by atoms with E-state index in [-0.39, 0.29) is 23.4 Å². The summed E-state index contributed by atoms with van der Waals surface area (Å²) in [5.74, 6) is -0.381. The van der Waals surface area contributed by atoms with Gasteiger partial charge in [0.05, 0.1) is 10.6 Å². The lowest BCUT2D eigenvalue weighted by molar-refractivity contribution is -0.120. The Balaban J connectivity index is 2.38. The second-order valence-electron chi connectivity index (χ2n) is 6.20. The highest BCUT2D eigenvalue weighted by molar-refractivity contribution is 7.92. The molecule has 1 amide bonds.